The van der Waals surface area contributed by atoms with Crippen molar-refractivity contribution in [2.24, 2.45) is 0 Å². The lowest BCUT2D eigenvalue weighted by atomic mass is 10.2. The van der Waals surface area contributed by atoms with E-state index in [1.165, 1.54) is 0 Å². The van der Waals surface area contributed by atoms with Crippen molar-refractivity contribution in [2.75, 3.05) is 12.3 Å². The highest BCUT2D eigenvalue weighted by Gasteiger charge is 2.13. The SMILES string of the molecule is CCN(Cc1ccc(N)cc1)C(=O)Cc1cccs1. The molecule has 0 aliphatic rings. The van der Waals surface area contributed by atoms with E-state index in [0.29, 0.717) is 19.5 Å². The molecule has 1 amide bonds. The van der Waals surface area contributed by atoms with Crippen molar-refractivity contribution in [3.63, 3.8) is 0 Å². The molecule has 0 radical (unpaired) electrons. The van der Waals surface area contributed by atoms with Gasteiger partial charge >= 0.3 is 0 Å². The monoisotopic (exact) mass is 274 g/mol. The van der Waals surface area contributed by atoms with Crippen molar-refractivity contribution in [3.8, 4) is 0 Å². The quantitative estimate of drug-likeness (QED) is 0.852. The number of amides is 1. The highest BCUT2D eigenvalue weighted by atomic mass is 32.1. The number of likely N-dealkylation sites (N-methyl/N-ethyl adjacent to an activating group) is 1. The summed E-state index contributed by atoms with van der Waals surface area (Å²) in [7, 11) is 0. The molecule has 0 aliphatic heterocycles. The fraction of sp³-hybridized carbons (Fsp3) is 0.267. The summed E-state index contributed by atoms with van der Waals surface area (Å²) in [6.45, 7) is 3.36. The third-order valence-electron chi connectivity index (χ3n) is 2.99. The van der Waals surface area contributed by atoms with Gasteiger partial charge in [0.25, 0.3) is 0 Å². The Labute approximate surface area is 117 Å². The van der Waals surface area contributed by atoms with Crippen LogP contribution in [0.15, 0.2) is 41.8 Å². The van der Waals surface area contributed by atoms with Gasteiger partial charge in [-0.2, -0.15) is 0 Å². The average Bonchev–Trinajstić information content (AvgIpc) is 2.90. The van der Waals surface area contributed by atoms with Gasteiger partial charge in [-0.05, 0) is 36.1 Å². The summed E-state index contributed by atoms with van der Waals surface area (Å²) in [6.07, 6.45) is 0.487. The molecular weight excluding hydrogens is 256 g/mol. The summed E-state index contributed by atoms with van der Waals surface area (Å²) < 4.78 is 0. The number of carbonyl (C=O) groups is 1. The minimum Gasteiger partial charge on any atom is -0.399 e. The largest absolute Gasteiger partial charge is 0.399 e. The van der Waals surface area contributed by atoms with E-state index < -0.39 is 0 Å². The summed E-state index contributed by atoms with van der Waals surface area (Å²) in [5, 5.41) is 2.00. The van der Waals surface area contributed by atoms with Gasteiger partial charge in [-0.1, -0.05) is 18.2 Å². The summed E-state index contributed by atoms with van der Waals surface area (Å²) in [6, 6.07) is 11.6. The smallest absolute Gasteiger partial charge is 0.228 e. The van der Waals surface area contributed by atoms with Gasteiger partial charge in [-0.3, -0.25) is 4.79 Å². The van der Waals surface area contributed by atoms with Crippen LogP contribution in [0.2, 0.25) is 0 Å². The van der Waals surface area contributed by atoms with Crippen LogP contribution in [0.3, 0.4) is 0 Å². The van der Waals surface area contributed by atoms with E-state index in [2.05, 4.69) is 0 Å². The fourth-order valence-corrected chi connectivity index (χ4v) is 2.59. The van der Waals surface area contributed by atoms with Gasteiger partial charge in [0.2, 0.25) is 5.91 Å². The Morgan fingerprint density at radius 2 is 2.00 bits per heavy atom. The summed E-state index contributed by atoms with van der Waals surface area (Å²) in [5.41, 5.74) is 7.51. The average molecular weight is 274 g/mol. The van der Waals surface area contributed by atoms with E-state index in [-0.39, 0.29) is 5.91 Å². The third-order valence-corrected chi connectivity index (χ3v) is 3.87. The number of anilines is 1. The van der Waals surface area contributed by atoms with E-state index >= 15 is 0 Å². The minimum absolute atomic E-state index is 0.168. The first kappa shape index (κ1) is 13.6. The van der Waals surface area contributed by atoms with Gasteiger partial charge < -0.3 is 10.6 Å². The lowest BCUT2D eigenvalue weighted by molar-refractivity contribution is -0.130. The first-order valence-corrected chi connectivity index (χ1v) is 7.21. The molecule has 0 saturated heterocycles. The Balaban J connectivity index is 1.99. The minimum atomic E-state index is 0.168. The number of nitrogens with two attached hydrogens (primary N) is 1. The molecule has 19 heavy (non-hydrogen) atoms. The first-order valence-electron chi connectivity index (χ1n) is 6.33. The zero-order valence-electron chi connectivity index (χ0n) is 11.0. The lowest BCUT2D eigenvalue weighted by Crippen LogP contribution is -2.31. The van der Waals surface area contributed by atoms with E-state index in [1.54, 1.807) is 11.3 Å². The molecule has 2 rings (SSSR count). The van der Waals surface area contributed by atoms with Gasteiger partial charge in [0.15, 0.2) is 0 Å². The molecule has 0 saturated carbocycles. The Morgan fingerprint density at radius 3 is 2.58 bits per heavy atom. The maximum atomic E-state index is 12.2. The number of nitrogen functional groups attached to an aromatic ring is 1. The molecule has 0 aliphatic carbocycles. The van der Waals surface area contributed by atoms with Crippen LogP contribution in [0.1, 0.15) is 17.4 Å². The van der Waals surface area contributed by atoms with Crippen molar-refractivity contribution < 1.29 is 4.79 Å². The van der Waals surface area contributed by atoms with Crippen molar-refractivity contribution in [3.05, 3.63) is 52.2 Å². The second-order valence-corrected chi connectivity index (χ2v) is 5.44. The van der Waals surface area contributed by atoms with E-state index in [1.807, 2.05) is 53.6 Å². The number of hydrogen-bond acceptors (Lipinski definition) is 3. The number of nitrogens with zero attached hydrogens (tertiary/aromatic N) is 1. The molecule has 1 aromatic carbocycles. The standard InChI is InChI=1S/C15H18N2OS/c1-2-17(11-12-5-7-13(16)8-6-12)15(18)10-14-4-3-9-19-14/h3-9H,2,10-11,16H2,1H3. The van der Waals surface area contributed by atoms with Gasteiger partial charge in [0.1, 0.15) is 0 Å². The van der Waals surface area contributed by atoms with Crippen LogP contribution in [-0.2, 0) is 17.8 Å². The molecule has 0 bridgehead atoms. The predicted molar refractivity (Wildman–Crippen MR) is 80.0 cm³/mol. The molecule has 100 valence electrons. The normalized spacial score (nSPS) is 10.4. The molecule has 0 spiro atoms. The third kappa shape index (κ3) is 3.83. The Hall–Kier alpha value is -1.81. The first-order chi connectivity index (χ1) is 9.19. The van der Waals surface area contributed by atoms with Gasteiger partial charge in [0, 0.05) is 23.7 Å². The molecule has 0 unspecified atom stereocenters. The number of thiophene rings is 1. The van der Waals surface area contributed by atoms with Crippen molar-refractivity contribution in [1.82, 2.24) is 4.90 Å². The molecule has 1 heterocycles. The lowest BCUT2D eigenvalue weighted by Gasteiger charge is -2.20. The number of rotatable bonds is 5. The van der Waals surface area contributed by atoms with Crippen LogP contribution in [0, 0.1) is 0 Å². The molecule has 0 atom stereocenters. The molecule has 3 nitrogen and oxygen atoms in total. The zero-order valence-corrected chi connectivity index (χ0v) is 11.8. The van der Waals surface area contributed by atoms with Gasteiger partial charge in [-0.15, -0.1) is 11.3 Å². The van der Waals surface area contributed by atoms with Gasteiger partial charge in [-0.25, -0.2) is 0 Å². The van der Waals surface area contributed by atoms with Gasteiger partial charge in [0.05, 0.1) is 6.42 Å². The van der Waals surface area contributed by atoms with Crippen LogP contribution in [0.4, 0.5) is 5.69 Å². The van der Waals surface area contributed by atoms with Crippen LogP contribution < -0.4 is 5.73 Å². The zero-order chi connectivity index (χ0) is 13.7. The molecule has 4 heteroatoms. The molecule has 1 aromatic heterocycles. The van der Waals surface area contributed by atoms with E-state index in [4.69, 9.17) is 5.73 Å². The molecular formula is C15H18N2OS. The number of benzene rings is 1. The fourth-order valence-electron chi connectivity index (χ4n) is 1.89. The van der Waals surface area contributed by atoms with Crippen LogP contribution in [0.25, 0.3) is 0 Å². The second-order valence-electron chi connectivity index (χ2n) is 4.41. The van der Waals surface area contributed by atoms with Crippen molar-refractivity contribution in [1.29, 1.82) is 0 Å². The van der Waals surface area contributed by atoms with E-state index in [0.717, 1.165) is 16.1 Å². The topological polar surface area (TPSA) is 46.3 Å². The van der Waals surface area contributed by atoms with Crippen LogP contribution in [0.5, 0.6) is 0 Å². The molecule has 2 aromatic rings. The van der Waals surface area contributed by atoms with Crippen LogP contribution in [-0.4, -0.2) is 17.4 Å². The highest BCUT2D eigenvalue weighted by Crippen LogP contribution is 2.13. The maximum absolute atomic E-state index is 12.2. The Morgan fingerprint density at radius 1 is 1.26 bits per heavy atom. The maximum Gasteiger partial charge on any atom is 0.228 e. The molecule has 2 N–H and O–H groups in total. The predicted octanol–water partition coefficient (Wildman–Crippen LogP) is 2.92. The Bertz CT molecular complexity index is 520. The van der Waals surface area contributed by atoms with Crippen molar-refractivity contribution in [2.45, 2.75) is 19.9 Å². The summed E-state index contributed by atoms with van der Waals surface area (Å²) >= 11 is 1.62. The van der Waals surface area contributed by atoms with Crippen molar-refractivity contribution >= 4 is 22.9 Å². The summed E-state index contributed by atoms with van der Waals surface area (Å²) in [4.78, 5) is 15.2. The van der Waals surface area contributed by atoms with E-state index in [9.17, 15) is 4.79 Å². The highest BCUT2D eigenvalue weighted by molar-refractivity contribution is 7.10. The Kier molecular flexibility index (Phi) is 4.58. The number of hydrogen-bond donors (Lipinski definition) is 1. The molecule has 0 fully saturated rings. The number of carbonyl (C=O) groups excluding carboxylic acids is 1. The second kappa shape index (κ2) is 6.38. The van der Waals surface area contributed by atoms with Crippen LogP contribution >= 0.6 is 11.3 Å². The summed E-state index contributed by atoms with van der Waals surface area (Å²) in [5.74, 6) is 0.168.